The van der Waals surface area contributed by atoms with Crippen LogP contribution in [0.1, 0.15) is 50.9 Å². The Balaban J connectivity index is 1.98. The van der Waals surface area contributed by atoms with Crippen LogP contribution in [0.4, 0.5) is 0 Å². The van der Waals surface area contributed by atoms with Gasteiger partial charge in [-0.3, -0.25) is 4.68 Å². The summed E-state index contributed by atoms with van der Waals surface area (Å²) in [5.74, 6) is 0. The topological polar surface area (TPSA) is 50.1 Å². The van der Waals surface area contributed by atoms with Crippen LogP contribution in [0.25, 0.3) is 0 Å². The minimum Gasteiger partial charge on any atom is -0.390 e. The van der Waals surface area contributed by atoms with Gasteiger partial charge in [0, 0.05) is 24.7 Å². The zero-order valence-corrected chi connectivity index (χ0v) is 12.4. The number of nitrogens with one attached hydrogen (secondary N) is 1. The first-order chi connectivity index (χ1) is 9.00. The zero-order chi connectivity index (χ0) is 13.9. The number of nitrogens with zero attached hydrogens (tertiary/aromatic N) is 2. The van der Waals surface area contributed by atoms with Crippen LogP contribution in [0.5, 0.6) is 0 Å². The molecule has 1 fully saturated rings. The van der Waals surface area contributed by atoms with Crippen molar-refractivity contribution in [1.82, 2.24) is 15.1 Å². The lowest BCUT2D eigenvalue weighted by molar-refractivity contribution is 0.0352. The maximum atomic E-state index is 10.7. The molecule has 2 N–H and O–H groups in total. The molecule has 4 heteroatoms. The van der Waals surface area contributed by atoms with E-state index >= 15 is 0 Å². The van der Waals surface area contributed by atoms with Gasteiger partial charge in [-0.15, -0.1) is 0 Å². The summed E-state index contributed by atoms with van der Waals surface area (Å²) in [7, 11) is 0. The number of piperidine rings is 1. The van der Waals surface area contributed by atoms with Crippen LogP contribution in [0, 0.1) is 6.92 Å². The molecule has 1 aliphatic rings. The second kappa shape index (κ2) is 6.06. The van der Waals surface area contributed by atoms with Crippen molar-refractivity contribution in [3.05, 3.63) is 17.5 Å². The largest absolute Gasteiger partial charge is 0.390 e. The lowest BCUT2D eigenvalue weighted by Crippen LogP contribution is -2.42. The van der Waals surface area contributed by atoms with Crippen LogP contribution in [-0.4, -0.2) is 33.1 Å². The molecule has 2 atom stereocenters. The van der Waals surface area contributed by atoms with E-state index in [0.29, 0.717) is 12.5 Å². The summed E-state index contributed by atoms with van der Waals surface area (Å²) in [4.78, 5) is 0. The first-order valence-electron chi connectivity index (χ1n) is 7.49. The highest BCUT2D eigenvalue weighted by Gasteiger charge is 2.28. The Hall–Kier alpha value is -0.870. The molecule has 1 aromatic rings. The summed E-state index contributed by atoms with van der Waals surface area (Å²) < 4.78 is 2.00. The van der Waals surface area contributed by atoms with Crippen molar-refractivity contribution in [3.63, 3.8) is 0 Å². The van der Waals surface area contributed by atoms with Gasteiger partial charge in [0.05, 0.1) is 11.3 Å². The van der Waals surface area contributed by atoms with Crippen LogP contribution >= 0.6 is 0 Å². The molecule has 1 aromatic heterocycles. The minimum absolute atomic E-state index is 0.461. The number of aliphatic hydroxyl groups is 1. The molecule has 0 aromatic carbocycles. The van der Waals surface area contributed by atoms with Gasteiger partial charge in [0.15, 0.2) is 0 Å². The Labute approximate surface area is 116 Å². The predicted molar refractivity (Wildman–Crippen MR) is 77.2 cm³/mol. The molecular weight excluding hydrogens is 238 g/mol. The molecule has 0 saturated carbocycles. The molecule has 0 radical (unpaired) electrons. The van der Waals surface area contributed by atoms with Crippen LogP contribution in [0.15, 0.2) is 6.07 Å². The molecule has 1 aliphatic heterocycles. The highest BCUT2D eigenvalue weighted by atomic mass is 16.3. The van der Waals surface area contributed by atoms with Crippen LogP contribution in [0.3, 0.4) is 0 Å². The molecule has 2 rings (SSSR count). The number of aryl methyl sites for hydroxylation is 2. The molecule has 2 heterocycles. The van der Waals surface area contributed by atoms with Crippen molar-refractivity contribution in [3.8, 4) is 0 Å². The van der Waals surface area contributed by atoms with E-state index in [0.717, 1.165) is 30.9 Å². The molecule has 19 heavy (non-hydrogen) atoms. The maximum Gasteiger partial charge on any atom is 0.0689 e. The van der Waals surface area contributed by atoms with E-state index in [1.165, 1.54) is 19.3 Å². The van der Waals surface area contributed by atoms with E-state index in [1.54, 1.807) is 0 Å². The molecule has 0 aliphatic carbocycles. The molecule has 0 spiro atoms. The van der Waals surface area contributed by atoms with Gasteiger partial charge in [-0.2, -0.15) is 5.10 Å². The Kier molecular flexibility index (Phi) is 4.63. The average Bonchev–Trinajstić information content (AvgIpc) is 2.69. The van der Waals surface area contributed by atoms with Crippen molar-refractivity contribution in [1.29, 1.82) is 0 Å². The Bertz CT molecular complexity index is 406. The van der Waals surface area contributed by atoms with Gasteiger partial charge in [-0.1, -0.05) is 6.42 Å². The molecule has 4 nitrogen and oxygen atoms in total. The second-order valence-electron chi connectivity index (χ2n) is 6.12. The quantitative estimate of drug-likeness (QED) is 0.856. The number of aromatic nitrogens is 2. The van der Waals surface area contributed by atoms with Crippen molar-refractivity contribution in [2.45, 2.75) is 71.1 Å². The SMILES string of the molecule is CCn1nc(C)cc1CC(C)(O)CC1CCCCN1. The molecule has 1 saturated heterocycles. The van der Waals surface area contributed by atoms with E-state index in [2.05, 4.69) is 23.4 Å². The summed E-state index contributed by atoms with van der Waals surface area (Å²) in [6, 6.07) is 2.55. The molecule has 0 amide bonds. The highest BCUT2D eigenvalue weighted by molar-refractivity contribution is 5.11. The standard InChI is InChI=1S/C15H27N3O/c1-4-18-14(9-12(2)17-18)11-15(3,19)10-13-7-5-6-8-16-13/h9,13,16,19H,4-8,10-11H2,1-3H3. The lowest BCUT2D eigenvalue weighted by atomic mass is 9.88. The van der Waals surface area contributed by atoms with E-state index in [-0.39, 0.29) is 0 Å². The Morgan fingerprint density at radius 2 is 2.32 bits per heavy atom. The van der Waals surface area contributed by atoms with E-state index < -0.39 is 5.60 Å². The average molecular weight is 265 g/mol. The minimum atomic E-state index is -0.658. The number of hydrogen-bond donors (Lipinski definition) is 2. The van der Waals surface area contributed by atoms with Crippen LogP contribution in [-0.2, 0) is 13.0 Å². The van der Waals surface area contributed by atoms with Gasteiger partial charge in [0.25, 0.3) is 0 Å². The van der Waals surface area contributed by atoms with Gasteiger partial charge >= 0.3 is 0 Å². The monoisotopic (exact) mass is 265 g/mol. The predicted octanol–water partition coefficient (Wildman–Crippen LogP) is 2.04. The number of rotatable bonds is 5. The van der Waals surface area contributed by atoms with E-state index in [9.17, 15) is 5.11 Å². The van der Waals surface area contributed by atoms with Gasteiger partial charge in [0.1, 0.15) is 0 Å². The third-order valence-corrected chi connectivity index (χ3v) is 3.95. The van der Waals surface area contributed by atoms with Crippen molar-refractivity contribution >= 4 is 0 Å². The fourth-order valence-electron chi connectivity index (χ4n) is 3.11. The summed E-state index contributed by atoms with van der Waals surface area (Å²) >= 11 is 0. The van der Waals surface area contributed by atoms with Crippen molar-refractivity contribution in [2.75, 3.05) is 6.54 Å². The summed E-state index contributed by atoms with van der Waals surface area (Å²) in [5.41, 5.74) is 1.51. The fourth-order valence-corrected chi connectivity index (χ4v) is 3.11. The Morgan fingerprint density at radius 1 is 1.53 bits per heavy atom. The molecule has 2 unspecified atom stereocenters. The van der Waals surface area contributed by atoms with E-state index in [4.69, 9.17) is 0 Å². The van der Waals surface area contributed by atoms with Gasteiger partial charge < -0.3 is 10.4 Å². The maximum absolute atomic E-state index is 10.7. The zero-order valence-electron chi connectivity index (χ0n) is 12.4. The van der Waals surface area contributed by atoms with Crippen LogP contribution < -0.4 is 5.32 Å². The summed E-state index contributed by atoms with van der Waals surface area (Å²) in [6.45, 7) is 8.00. The smallest absolute Gasteiger partial charge is 0.0689 e. The highest BCUT2D eigenvalue weighted by Crippen LogP contribution is 2.23. The summed E-state index contributed by atoms with van der Waals surface area (Å²) in [6.07, 6.45) is 5.23. The number of hydrogen-bond acceptors (Lipinski definition) is 3. The second-order valence-corrected chi connectivity index (χ2v) is 6.12. The van der Waals surface area contributed by atoms with E-state index in [1.807, 2.05) is 18.5 Å². The normalized spacial score (nSPS) is 23.3. The molecule has 108 valence electrons. The third-order valence-electron chi connectivity index (χ3n) is 3.95. The van der Waals surface area contributed by atoms with Gasteiger partial charge in [-0.25, -0.2) is 0 Å². The van der Waals surface area contributed by atoms with Gasteiger partial charge in [0.2, 0.25) is 0 Å². The van der Waals surface area contributed by atoms with Crippen LogP contribution in [0.2, 0.25) is 0 Å². The summed E-state index contributed by atoms with van der Waals surface area (Å²) in [5, 5.41) is 18.6. The first kappa shape index (κ1) is 14.5. The Morgan fingerprint density at radius 3 is 2.95 bits per heavy atom. The third kappa shape index (κ3) is 4.05. The van der Waals surface area contributed by atoms with Gasteiger partial charge in [-0.05, 0) is 52.6 Å². The lowest BCUT2D eigenvalue weighted by Gasteiger charge is -2.31. The van der Waals surface area contributed by atoms with Crippen molar-refractivity contribution in [2.24, 2.45) is 0 Å². The fraction of sp³-hybridized carbons (Fsp3) is 0.800. The van der Waals surface area contributed by atoms with Crippen molar-refractivity contribution < 1.29 is 5.11 Å². The molecular formula is C15H27N3O. The first-order valence-corrected chi connectivity index (χ1v) is 7.49. The molecule has 0 bridgehead atoms.